The number of rotatable bonds is 8. The van der Waals surface area contributed by atoms with E-state index in [1.165, 1.54) is 5.56 Å². The highest BCUT2D eigenvalue weighted by Crippen LogP contribution is 2.78. The first-order valence-electron chi connectivity index (χ1n) is 14.3. The first-order valence-corrected chi connectivity index (χ1v) is 14.3. The molecule has 8 heteroatoms. The van der Waals surface area contributed by atoms with Crippen LogP contribution in [0.3, 0.4) is 0 Å². The number of benzene rings is 1. The molecule has 5 rings (SSSR count). The fraction of sp³-hybridized carbons (Fsp3) is 0.613. The van der Waals surface area contributed by atoms with Gasteiger partial charge in [-0.2, -0.15) is 0 Å². The predicted octanol–water partition coefficient (Wildman–Crippen LogP) is 3.04. The second-order valence-corrected chi connectivity index (χ2v) is 12.1. The van der Waals surface area contributed by atoms with E-state index in [-0.39, 0.29) is 35.3 Å². The number of nitrogens with one attached hydrogen (secondary N) is 1. The fourth-order valence-corrected chi connectivity index (χ4v) is 9.28. The molecule has 1 aliphatic heterocycles. The summed E-state index contributed by atoms with van der Waals surface area (Å²) in [6.45, 7) is 5.97. The molecule has 0 radical (unpaired) electrons. The van der Waals surface area contributed by atoms with Crippen molar-refractivity contribution in [2.75, 3.05) is 40.4 Å². The monoisotopic (exact) mass is 536 g/mol. The summed E-state index contributed by atoms with van der Waals surface area (Å²) in [7, 11) is 3.68. The summed E-state index contributed by atoms with van der Waals surface area (Å²) < 4.78 is 5.74. The van der Waals surface area contributed by atoms with Crippen LogP contribution in [-0.4, -0.2) is 73.0 Å². The number of ether oxygens (including phenoxy) is 1. The van der Waals surface area contributed by atoms with Crippen molar-refractivity contribution in [1.82, 2.24) is 10.2 Å². The van der Waals surface area contributed by atoms with Gasteiger partial charge in [0.1, 0.15) is 5.60 Å². The average molecular weight is 537 g/mol. The minimum absolute atomic E-state index is 0.00784. The molecule has 3 aliphatic carbocycles. The van der Waals surface area contributed by atoms with Gasteiger partial charge in [0.2, 0.25) is 0 Å². The van der Waals surface area contributed by atoms with Crippen molar-refractivity contribution in [1.29, 1.82) is 0 Å². The number of guanidine groups is 1. The molecule has 7 atom stereocenters. The predicted molar refractivity (Wildman–Crippen MR) is 152 cm³/mol. The Hall–Kier alpha value is -2.68. The van der Waals surface area contributed by atoms with Gasteiger partial charge in [-0.15, -0.1) is 0 Å². The van der Waals surface area contributed by atoms with Gasteiger partial charge in [0.25, 0.3) is 0 Å². The molecular formula is C31H44N4O4. The molecule has 1 aromatic carbocycles. The topological polar surface area (TPSA) is 120 Å². The van der Waals surface area contributed by atoms with E-state index in [0.29, 0.717) is 37.9 Å². The minimum atomic E-state index is -1.53. The molecular weight excluding hydrogens is 492 g/mol. The van der Waals surface area contributed by atoms with E-state index in [4.69, 9.17) is 10.5 Å². The highest BCUT2D eigenvalue weighted by atomic mass is 16.5. The van der Waals surface area contributed by atoms with Crippen molar-refractivity contribution in [2.45, 2.75) is 45.1 Å². The number of aliphatic carboxylic acids is 1. The van der Waals surface area contributed by atoms with Crippen molar-refractivity contribution >= 4 is 11.9 Å². The van der Waals surface area contributed by atoms with Crippen molar-refractivity contribution < 1.29 is 19.7 Å². The number of allylic oxidation sites excluding steroid dienone is 1. The molecule has 2 spiro atoms. The van der Waals surface area contributed by atoms with Crippen LogP contribution in [-0.2, 0) is 16.0 Å². The number of hydrogen-bond acceptors (Lipinski definition) is 5. The van der Waals surface area contributed by atoms with E-state index in [0.717, 1.165) is 25.0 Å². The Kier molecular flexibility index (Phi) is 7.42. The Morgan fingerprint density at radius 3 is 2.69 bits per heavy atom. The van der Waals surface area contributed by atoms with Crippen LogP contribution in [0.4, 0.5) is 0 Å². The zero-order valence-electron chi connectivity index (χ0n) is 23.7. The minimum Gasteiger partial charge on any atom is -0.478 e. The lowest BCUT2D eigenvalue weighted by molar-refractivity contribution is -0.144. The normalized spacial score (nSPS) is 37.6. The van der Waals surface area contributed by atoms with E-state index in [9.17, 15) is 15.0 Å². The molecule has 0 amide bonds. The van der Waals surface area contributed by atoms with Crippen LogP contribution in [0.25, 0.3) is 0 Å². The van der Waals surface area contributed by atoms with Gasteiger partial charge >= 0.3 is 5.97 Å². The Morgan fingerprint density at radius 1 is 1.31 bits per heavy atom. The Labute approximate surface area is 232 Å². The summed E-state index contributed by atoms with van der Waals surface area (Å²) in [5, 5.41) is 26.1. The number of nitrogens with two attached hydrogens (primary N) is 1. The number of aliphatic imine (C=N–C) groups is 1. The summed E-state index contributed by atoms with van der Waals surface area (Å²) in [6.07, 6.45) is 7.24. The Balaban J connectivity index is 1.74. The van der Waals surface area contributed by atoms with Crippen LogP contribution >= 0.6 is 0 Å². The van der Waals surface area contributed by atoms with Gasteiger partial charge in [-0.25, -0.2) is 4.79 Å². The zero-order valence-corrected chi connectivity index (χ0v) is 23.7. The Morgan fingerprint density at radius 2 is 2.05 bits per heavy atom. The van der Waals surface area contributed by atoms with Crippen LogP contribution in [0.2, 0.25) is 0 Å². The van der Waals surface area contributed by atoms with Gasteiger partial charge in [0, 0.05) is 43.8 Å². The third kappa shape index (κ3) is 4.06. The largest absolute Gasteiger partial charge is 0.478 e. The maximum atomic E-state index is 12.9. The van der Waals surface area contributed by atoms with Gasteiger partial charge in [-0.05, 0) is 74.5 Å². The maximum absolute atomic E-state index is 12.9. The molecule has 212 valence electrons. The summed E-state index contributed by atoms with van der Waals surface area (Å²) in [5.41, 5.74) is 6.47. The third-order valence-electron chi connectivity index (χ3n) is 10.5. The highest BCUT2D eigenvalue weighted by molar-refractivity contribution is 5.92. The quantitative estimate of drug-likeness (QED) is 0.298. The van der Waals surface area contributed by atoms with Crippen molar-refractivity contribution in [2.24, 2.45) is 45.2 Å². The van der Waals surface area contributed by atoms with Crippen molar-refractivity contribution in [3.8, 4) is 0 Å². The van der Waals surface area contributed by atoms with Crippen LogP contribution in [0.5, 0.6) is 0 Å². The molecule has 4 aliphatic rings. The summed E-state index contributed by atoms with van der Waals surface area (Å²) in [6, 6.07) is 10.6. The van der Waals surface area contributed by atoms with Crippen molar-refractivity contribution in [3.05, 3.63) is 59.3 Å². The first-order chi connectivity index (χ1) is 18.7. The molecule has 1 heterocycles. The number of aliphatic hydroxyl groups is 1. The van der Waals surface area contributed by atoms with Gasteiger partial charge in [-0.3, -0.25) is 4.99 Å². The lowest BCUT2D eigenvalue weighted by Gasteiger charge is -2.62. The van der Waals surface area contributed by atoms with Gasteiger partial charge < -0.3 is 30.9 Å². The van der Waals surface area contributed by atoms with E-state index in [2.05, 4.69) is 47.6 Å². The molecule has 0 saturated heterocycles. The molecule has 2 fully saturated rings. The standard InChI is InChI=1S/C31H44N4O4/c1-5-39-19-29(38)17-30-20(2)13-22(14-21-9-7-6-8-10-21)24(15-25(30)26(29)27(36)37)31(30)18-35(28(32)34-4)12-11-23(31)16-33-3/h6-12,20,22-24,33,38H,5,13-19H2,1-4H3,(H2,32,34)(H,36,37)/t20-,22-,23-,24+,29-,30+,31+/m1/s1. The van der Waals surface area contributed by atoms with Gasteiger partial charge in [-0.1, -0.05) is 43.3 Å². The Bertz CT molecular complexity index is 1180. The molecule has 0 aromatic heterocycles. The lowest BCUT2D eigenvalue weighted by atomic mass is 9.43. The molecule has 2 saturated carbocycles. The SMILES string of the molecule is CCOC[C@]1(O)C[C@@]23C(=C1C(=O)O)C[C@@H]([C@@H](Cc1ccccc1)C[C@H]2C)[C@@]31CN(C(N)=NC)C=C[C@@H]1CNC. The van der Waals surface area contributed by atoms with E-state index in [1.807, 2.05) is 31.1 Å². The fourth-order valence-electron chi connectivity index (χ4n) is 9.28. The smallest absolute Gasteiger partial charge is 0.334 e. The average Bonchev–Trinajstić information content (AvgIpc) is 3.29. The second kappa shape index (κ2) is 10.4. The molecule has 0 unspecified atom stereocenters. The number of carboxylic acids is 1. The van der Waals surface area contributed by atoms with Crippen LogP contribution in [0.15, 0.2) is 58.7 Å². The number of hydrogen-bond donors (Lipinski definition) is 4. The van der Waals surface area contributed by atoms with Crippen molar-refractivity contribution in [3.63, 3.8) is 0 Å². The maximum Gasteiger partial charge on any atom is 0.334 e. The summed E-state index contributed by atoms with van der Waals surface area (Å²) in [5.74, 6) is 0.322. The molecule has 2 bridgehead atoms. The van der Waals surface area contributed by atoms with Crippen LogP contribution in [0.1, 0.15) is 38.7 Å². The first kappa shape index (κ1) is 27.9. The van der Waals surface area contributed by atoms with E-state index >= 15 is 0 Å². The summed E-state index contributed by atoms with van der Waals surface area (Å²) >= 11 is 0. The second-order valence-electron chi connectivity index (χ2n) is 12.1. The van der Waals surface area contributed by atoms with E-state index < -0.39 is 17.0 Å². The summed E-state index contributed by atoms with van der Waals surface area (Å²) in [4.78, 5) is 19.3. The number of carbonyl (C=O) groups is 1. The molecule has 1 aromatic rings. The molecule has 39 heavy (non-hydrogen) atoms. The highest BCUT2D eigenvalue weighted by Gasteiger charge is 2.76. The number of nitrogens with zero attached hydrogens (tertiary/aromatic N) is 2. The van der Waals surface area contributed by atoms with Gasteiger partial charge in [0.15, 0.2) is 5.96 Å². The van der Waals surface area contributed by atoms with Crippen LogP contribution < -0.4 is 11.1 Å². The molecule has 5 N–H and O–H groups in total. The molecule has 8 nitrogen and oxygen atoms in total. The number of carboxylic acid groups (broad SMARTS) is 1. The zero-order chi connectivity index (χ0) is 28.0. The van der Waals surface area contributed by atoms with E-state index in [1.54, 1.807) is 7.05 Å². The third-order valence-corrected chi connectivity index (χ3v) is 10.5. The lowest BCUT2D eigenvalue weighted by Crippen LogP contribution is -2.64. The van der Waals surface area contributed by atoms with Gasteiger partial charge in [0.05, 0.1) is 12.2 Å². The van der Waals surface area contributed by atoms with Crippen LogP contribution in [0, 0.1) is 34.5 Å².